The van der Waals surface area contributed by atoms with Crippen LogP contribution in [0, 0.1) is 7.05 Å². The highest BCUT2D eigenvalue weighted by molar-refractivity contribution is 4.80. The van der Waals surface area contributed by atoms with Gasteiger partial charge in [-0.05, 0) is 25.7 Å². The van der Waals surface area contributed by atoms with Crippen LogP contribution in [0.15, 0.2) is 0 Å². The van der Waals surface area contributed by atoms with Gasteiger partial charge in [-0.1, -0.05) is 0 Å². The summed E-state index contributed by atoms with van der Waals surface area (Å²) in [6.45, 7) is 0. The highest BCUT2D eigenvalue weighted by Gasteiger charge is 2.28. The predicted octanol–water partition coefficient (Wildman–Crippen LogP) is 0.630. The lowest BCUT2D eigenvalue weighted by Gasteiger charge is -2.19. The van der Waals surface area contributed by atoms with Crippen LogP contribution in [0.1, 0.15) is 25.7 Å². The highest BCUT2D eigenvalue weighted by atomic mass is 16.3. The summed E-state index contributed by atoms with van der Waals surface area (Å²) in [5, 5.41) is 12.0. The lowest BCUT2D eigenvalue weighted by Crippen LogP contribution is -2.37. The zero-order valence-electron chi connectivity index (χ0n) is 4.98. The Kier molecular flexibility index (Phi) is 1.54. The minimum absolute atomic E-state index is 0.625. The molecular weight excluding hydrogens is 102 g/mol. The molecule has 8 heavy (non-hydrogen) atoms. The summed E-state index contributed by atoms with van der Waals surface area (Å²) in [7, 11) is 3.44. The minimum Gasteiger partial charge on any atom is -0.376 e. The molecule has 0 unspecified atom stereocenters. The van der Waals surface area contributed by atoms with Gasteiger partial charge in [-0.15, -0.1) is 0 Å². The summed E-state index contributed by atoms with van der Waals surface area (Å²) in [6.07, 6.45) is 3.96. The first-order chi connectivity index (χ1) is 3.77. The number of rotatable bonds is 1. The van der Waals surface area contributed by atoms with Crippen LogP contribution in [-0.4, -0.2) is 10.8 Å². The Balaban J connectivity index is 2.40. The molecule has 2 heteroatoms. The third-order valence-corrected chi connectivity index (χ3v) is 1.76. The lowest BCUT2D eigenvalue weighted by molar-refractivity contribution is 0.0253. The maximum absolute atomic E-state index is 9.33. The van der Waals surface area contributed by atoms with Crippen LogP contribution in [-0.2, 0) is 0 Å². The second kappa shape index (κ2) is 2.03. The lowest BCUT2D eigenvalue weighted by atomic mass is 10.2. The SMILES string of the molecule is [CH2]NC1(O)CCCC1. The molecule has 1 radical (unpaired) electrons. The third-order valence-electron chi connectivity index (χ3n) is 1.76. The van der Waals surface area contributed by atoms with E-state index in [2.05, 4.69) is 12.4 Å². The van der Waals surface area contributed by atoms with Crippen LogP contribution in [0.3, 0.4) is 0 Å². The van der Waals surface area contributed by atoms with Crippen molar-refractivity contribution in [3.63, 3.8) is 0 Å². The van der Waals surface area contributed by atoms with Gasteiger partial charge < -0.3 is 5.11 Å². The van der Waals surface area contributed by atoms with Crippen LogP contribution in [0.25, 0.3) is 0 Å². The molecule has 0 spiro atoms. The molecular formula is C6H12NO. The number of aliphatic hydroxyl groups is 1. The Morgan fingerprint density at radius 3 is 2.12 bits per heavy atom. The molecule has 1 rings (SSSR count). The molecule has 1 aliphatic rings. The third kappa shape index (κ3) is 1.01. The van der Waals surface area contributed by atoms with E-state index < -0.39 is 5.72 Å². The Bertz CT molecular complexity index is 76.6. The average Bonchev–Trinajstić information content (AvgIpc) is 2.17. The second-order valence-electron chi connectivity index (χ2n) is 2.42. The Hall–Kier alpha value is -0.0800. The van der Waals surface area contributed by atoms with Crippen molar-refractivity contribution in [1.29, 1.82) is 0 Å². The molecule has 0 aromatic heterocycles. The predicted molar refractivity (Wildman–Crippen MR) is 31.9 cm³/mol. The van der Waals surface area contributed by atoms with E-state index in [0.29, 0.717) is 0 Å². The standard InChI is InChI=1S/C6H12NO/c1-7-6(8)4-2-3-5-6/h7-8H,1-5H2. The van der Waals surface area contributed by atoms with Gasteiger partial charge in [0.15, 0.2) is 0 Å². The van der Waals surface area contributed by atoms with Crippen LogP contribution in [0.4, 0.5) is 0 Å². The molecule has 1 fully saturated rings. The topological polar surface area (TPSA) is 32.3 Å². The first-order valence-corrected chi connectivity index (χ1v) is 3.03. The molecule has 2 nitrogen and oxygen atoms in total. The van der Waals surface area contributed by atoms with Crippen LogP contribution in [0.5, 0.6) is 0 Å². The molecule has 0 heterocycles. The fourth-order valence-electron chi connectivity index (χ4n) is 1.14. The summed E-state index contributed by atoms with van der Waals surface area (Å²) in [5.74, 6) is 0. The number of hydrogen-bond acceptors (Lipinski definition) is 2. The van der Waals surface area contributed by atoms with Gasteiger partial charge in [0.25, 0.3) is 0 Å². The molecule has 0 saturated heterocycles. The average molecular weight is 114 g/mol. The maximum atomic E-state index is 9.33. The largest absolute Gasteiger partial charge is 0.376 e. The van der Waals surface area contributed by atoms with Crippen LogP contribution >= 0.6 is 0 Å². The molecule has 1 aliphatic carbocycles. The zero-order valence-corrected chi connectivity index (χ0v) is 4.98. The molecule has 47 valence electrons. The van der Waals surface area contributed by atoms with Gasteiger partial charge in [-0.2, -0.15) is 0 Å². The van der Waals surface area contributed by atoms with E-state index in [1.807, 2.05) is 0 Å². The summed E-state index contributed by atoms with van der Waals surface area (Å²) < 4.78 is 0. The molecule has 0 atom stereocenters. The van der Waals surface area contributed by atoms with Crippen molar-refractivity contribution in [1.82, 2.24) is 5.32 Å². The van der Waals surface area contributed by atoms with Gasteiger partial charge >= 0.3 is 0 Å². The molecule has 1 saturated carbocycles. The Morgan fingerprint density at radius 2 is 1.88 bits per heavy atom. The van der Waals surface area contributed by atoms with Crippen molar-refractivity contribution in [2.45, 2.75) is 31.4 Å². The van der Waals surface area contributed by atoms with E-state index in [0.717, 1.165) is 25.7 Å². The maximum Gasteiger partial charge on any atom is 0.116 e. The fourth-order valence-corrected chi connectivity index (χ4v) is 1.14. The van der Waals surface area contributed by atoms with E-state index in [9.17, 15) is 5.11 Å². The molecule has 2 N–H and O–H groups in total. The number of nitrogens with one attached hydrogen (secondary N) is 1. The summed E-state index contributed by atoms with van der Waals surface area (Å²) in [4.78, 5) is 0. The normalized spacial score (nSPS) is 26.2. The Morgan fingerprint density at radius 1 is 1.38 bits per heavy atom. The zero-order chi connectivity index (χ0) is 6.04. The first kappa shape index (κ1) is 6.05. The fraction of sp³-hybridized carbons (Fsp3) is 0.833. The monoisotopic (exact) mass is 114 g/mol. The van der Waals surface area contributed by atoms with Crippen molar-refractivity contribution in [2.75, 3.05) is 0 Å². The smallest absolute Gasteiger partial charge is 0.116 e. The molecule has 0 aromatic carbocycles. The summed E-state index contributed by atoms with van der Waals surface area (Å²) >= 11 is 0. The van der Waals surface area contributed by atoms with Gasteiger partial charge in [0.2, 0.25) is 0 Å². The minimum atomic E-state index is -0.625. The van der Waals surface area contributed by atoms with Gasteiger partial charge in [0.1, 0.15) is 5.72 Å². The van der Waals surface area contributed by atoms with Gasteiger partial charge in [-0.25, -0.2) is 0 Å². The van der Waals surface area contributed by atoms with Gasteiger partial charge in [0.05, 0.1) is 0 Å². The van der Waals surface area contributed by atoms with Crippen molar-refractivity contribution in [2.24, 2.45) is 0 Å². The van der Waals surface area contributed by atoms with E-state index in [-0.39, 0.29) is 0 Å². The summed E-state index contributed by atoms with van der Waals surface area (Å²) in [5.41, 5.74) is -0.625. The van der Waals surface area contributed by atoms with E-state index in [1.54, 1.807) is 0 Å². The molecule has 0 aliphatic heterocycles. The van der Waals surface area contributed by atoms with Crippen molar-refractivity contribution < 1.29 is 5.11 Å². The number of hydrogen-bond donors (Lipinski definition) is 2. The van der Waals surface area contributed by atoms with Crippen molar-refractivity contribution in [3.8, 4) is 0 Å². The van der Waals surface area contributed by atoms with E-state index in [4.69, 9.17) is 0 Å². The van der Waals surface area contributed by atoms with Gasteiger partial charge in [0, 0.05) is 7.05 Å². The van der Waals surface area contributed by atoms with E-state index >= 15 is 0 Å². The van der Waals surface area contributed by atoms with E-state index in [1.165, 1.54) is 0 Å². The van der Waals surface area contributed by atoms with Crippen LogP contribution < -0.4 is 5.32 Å². The first-order valence-electron chi connectivity index (χ1n) is 3.03. The molecule has 0 aromatic rings. The Labute approximate surface area is 49.9 Å². The van der Waals surface area contributed by atoms with Crippen LogP contribution in [0.2, 0.25) is 0 Å². The van der Waals surface area contributed by atoms with Crippen molar-refractivity contribution >= 4 is 0 Å². The second-order valence-corrected chi connectivity index (χ2v) is 2.42. The van der Waals surface area contributed by atoms with Crippen molar-refractivity contribution in [3.05, 3.63) is 7.05 Å². The quantitative estimate of drug-likeness (QED) is 0.490. The molecule has 0 amide bonds. The highest BCUT2D eigenvalue weighted by Crippen LogP contribution is 2.25. The summed E-state index contributed by atoms with van der Waals surface area (Å²) in [6, 6.07) is 0. The molecule has 0 bridgehead atoms. The van der Waals surface area contributed by atoms with Gasteiger partial charge in [-0.3, -0.25) is 5.32 Å².